The summed E-state index contributed by atoms with van der Waals surface area (Å²) in [6.45, 7) is 0.974. The van der Waals surface area contributed by atoms with Gasteiger partial charge in [0.25, 0.3) is 5.91 Å². The van der Waals surface area contributed by atoms with Crippen LogP contribution in [0.5, 0.6) is 23.0 Å². The van der Waals surface area contributed by atoms with Crippen molar-refractivity contribution in [1.82, 2.24) is 0 Å². The molecule has 1 amide bonds. The Bertz CT molecular complexity index is 835. The molecule has 29 heavy (non-hydrogen) atoms. The number of amides is 1. The second-order valence-electron chi connectivity index (χ2n) is 6.19. The van der Waals surface area contributed by atoms with Gasteiger partial charge in [0, 0.05) is 18.2 Å². The number of esters is 1. The molecule has 1 aliphatic heterocycles. The number of ether oxygens (including phenoxy) is 5. The highest BCUT2D eigenvalue weighted by molar-refractivity contribution is 5.93. The van der Waals surface area contributed by atoms with Crippen LogP contribution >= 0.6 is 0 Å². The molecule has 0 spiro atoms. The summed E-state index contributed by atoms with van der Waals surface area (Å²) in [6, 6.07) is 12.3. The van der Waals surface area contributed by atoms with Crippen LogP contribution in [0.2, 0.25) is 0 Å². The minimum Gasteiger partial charge on any atom is -0.497 e. The van der Waals surface area contributed by atoms with E-state index in [1.807, 2.05) is 0 Å². The molecule has 0 atom stereocenters. The van der Waals surface area contributed by atoms with Crippen LogP contribution in [-0.2, 0) is 14.3 Å². The van der Waals surface area contributed by atoms with Crippen LogP contribution in [0, 0.1) is 0 Å². The number of nitrogens with one attached hydrogen (secondary N) is 1. The third-order valence-electron chi connectivity index (χ3n) is 4.04. The van der Waals surface area contributed by atoms with Crippen molar-refractivity contribution in [2.24, 2.45) is 0 Å². The van der Waals surface area contributed by atoms with E-state index in [0.717, 1.165) is 5.75 Å². The monoisotopic (exact) mass is 401 g/mol. The summed E-state index contributed by atoms with van der Waals surface area (Å²) in [7, 11) is 1.60. The van der Waals surface area contributed by atoms with Crippen LogP contribution in [0.4, 0.5) is 5.69 Å². The lowest BCUT2D eigenvalue weighted by atomic mass is 10.2. The van der Waals surface area contributed by atoms with Gasteiger partial charge in [0.1, 0.15) is 24.7 Å². The summed E-state index contributed by atoms with van der Waals surface area (Å²) in [5, 5.41) is 2.66. The SMILES string of the molecule is COc1ccc(OCCCC(=O)OCC(=O)Nc2ccc3c(c2)OCCO3)cc1. The lowest BCUT2D eigenvalue weighted by Gasteiger charge is -2.19. The Labute approximate surface area is 168 Å². The van der Waals surface area contributed by atoms with E-state index in [9.17, 15) is 9.59 Å². The van der Waals surface area contributed by atoms with Crippen molar-refractivity contribution in [2.45, 2.75) is 12.8 Å². The van der Waals surface area contributed by atoms with Gasteiger partial charge in [-0.25, -0.2) is 0 Å². The standard InChI is InChI=1S/C21H23NO7/c1-25-16-5-7-17(8-6-16)26-10-2-3-21(24)29-14-20(23)22-15-4-9-18-19(13-15)28-12-11-27-18/h4-9,13H,2-3,10-12,14H2,1H3,(H,22,23). The first kappa shape index (κ1) is 20.3. The highest BCUT2D eigenvalue weighted by Crippen LogP contribution is 2.32. The summed E-state index contributed by atoms with van der Waals surface area (Å²) in [5.41, 5.74) is 0.545. The molecule has 0 saturated heterocycles. The smallest absolute Gasteiger partial charge is 0.306 e. The molecule has 0 radical (unpaired) electrons. The van der Waals surface area contributed by atoms with Crippen molar-refractivity contribution in [3.05, 3.63) is 42.5 Å². The summed E-state index contributed by atoms with van der Waals surface area (Å²) < 4.78 is 26.5. The van der Waals surface area contributed by atoms with Crippen molar-refractivity contribution in [1.29, 1.82) is 0 Å². The average molecular weight is 401 g/mol. The highest BCUT2D eigenvalue weighted by atomic mass is 16.6. The molecule has 0 saturated carbocycles. The first-order valence-corrected chi connectivity index (χ1v) is 9.26. The minimum atomic E-state index is -0.458. The molecule has 1 aliphatic rings. The molecule has 8 nitrogen and oxygen atoms in total. The molecule has 8 heteroatoms. The normalized spacial score (nSPS) is 12.0. The lowest BCUT2D eigenvalue weighted by Crippen LogP contribution is -2.21. The van der Waals surface area contributed by atoms with Crippen molar-refractivity contribution >= 4 is 17.6 Å². The van der Waals surface area contributed by atoms with Crippen LogP contribution in [0.3, 0.4) is 0 Å². The Morgan fingerprint density at radius 2 is 1.72 bits per heavy atom. The summed E-state index contributed by atoms with van der Waals surface area (Å²) in [6.07, 6.45) is 0.641. The second-order valence-corrected chi connectivity index (χ2v) is 6.19. The zero-order chi connectivity index (χ0) is 20.5. The van der Waals surface area contributed by atoms with Gasteiger partial charge in [0.15, 0.2) is 18.1 Å². The number of hydrogen-bond donors (Lipinski definition) is 1. The van der Waals surface area contributed by atoms with Crippen molar-refractivity contribution in [3.8, 4) is 23.0 Å². The predicted molar refractivity (Wildman–Crippen MR) is 105 cm³/mol. The van der Waals surface area contributed by atoms with Crippen LogP contribution < -0.4 is 24.3 Å². The first-order valence-electron chi connectivity index (χ1n) is 9.26. The quantitative estimate of drug-likeness (QED) is 0.510. The third-order valence-corrected chi connectivity index (χ3v) is 4.04. The van der Waals surface area contributed by atoms with Crippen molar-refractivity contribution in [3.63, 3.8) is 0 Å². The molecule has 154 valence electrons. The maximum Gasteiger partial charge on any atom is 0.306 e. The van der Waals surface area contributed by atoms with E-state index in [2.05, 4.69) is 5.32 Å². The van der Waals surface area contributed by atoms with Crippen molar-refractivity contribution in [2.75, 3.05) is 38.9 Å². The van der Waals surface area contributed by atoms with Gasteiger partial charge in [-0.1, -0.05) is 0 Å². The van der Waals surface area contributed by atoms with Crippen molar-refractivity contribution < 1.29 is 33.3 Å². The molecule has 3 rings (SSSR count). The largest absolute Gasteiger partial charge is 0.497 e. The average Bonchev–Trinajstić information content (AvgIpc) is 2.75. The molecular weight excluding hydrogens is 378 g/mol. The lowest BCUT2D eigenvalue weighted by molar-refractivity contribution is -0.147. The van der Waals surface area contributed by atoms with E-state index in [-0.39, 0.29) is 13.0 Å². The molecular formula is C21H23NO7. The van der Waals surface area contributed by atoms with E-state index in [1.54, 1.807) is 49.6 Å². The van der Waals surface area contributed by atoms with Gasteiger partial charge in [0.2, 0.25) is 0 Å². The summed E-state index contributed by atoms with van der Waals surface area (Å²) in [4.78, 5) is 23.7. The first-order chi connectivity index (χ1) is 14.1. The van der Waals surface area contributed by atoms with Crippen LogP contribution in [0.1, 0.15) is 12.8 Å². The molecule has 2 aromatic carbocycles. The fourth-order valence-corrected chi connectivity index (χ4v) is 2.61. The maximum absolute atomic E-state index is 12.0. The number of rotatable bonds is 9. The number of hydrogen-bond acceptors (Lipinski definition) is 7. The van der Waals surface area contributed by atoms with Crippen LogP contribution in [0.25, 0.3) is 0 Å². The number of carbonyl (C=O) groups excluding carboxylic acids is 2. The van der Waals surface area contributed by atoms with E-state index in [4.69, 9.17) is 23.7 Å². The Morgan fingerprint density at radius 3 is 2.48 bits per heavy atom. The summed E-state index contributed by atoms with van der Waals surface area (Å²) in [5.74, 6) is 1.76. The van der Waals surface area contributed by atoms with Gasteiger partial charge in [0.05, 0.1) is 13.7 Å². The Hall–Kier alpha value is -3.42. The maximum atomic E-state index is 12.0. The molecule has 1 N–H and O–H groups in total. The number of anilines is 1. The number of benzene rings is 2. The van der Waals surface area contributed by atoms with Crippen LogP contribution in [-0.4, -0.2) is 45.4 Å². The summed E-state index contributed by atoms with van der Waals surface area (Å²) >= 11 is 0. The molecule has 0 fully saturated rings. The van der Waals surface area contributed by atoms with Gasteiger partial charge in [-0.3, -0.25) is 9.59 Å². The van der Waals surface area contributed by atoms with Gasteiger partial charge >= 0.3 is 5.97 Å². The molecule has 0 bridgehead atoms. The molecule has 1 heterocycles. The third kappa shape index (κ3) is 6.31. The van der Waals surface area contributed by atoms with Crippen LogP contribution in [0.15, 0.2) is 42.5 Å². The second kappa shape index (κ2) is 10.2. The molecule has 0 unspecified atom stereocenters. The predicted octanol–water partition coefficient (Wildman–Crippen LogP) is 2.81. The van der Waals surface area contributed by atoms with Gasteiger partial charge in [-0.2, -0.15) is 0 Å². The van der Waals surface area contributed by atoms with Gasteiger partial charge < -0.3 is 29.0 Å². The highest BCUT2D eigenvalue weighted by Gasteiger charge is 2.13. The van der Waals surface area contributed by atoms with Gasteiger partial charge in [-0.15, -0.1) is 0 Å². The topological polar surface area (TPSA) is 92.3 Å². The minimum absolute atomic E-state index is 0.160. The van der Waals surface area contributed by atoms with E-state index in [1.165, 1.54) is 0 Å². The zero-order valence-corrected chi connectivity index (χ0v) is 16.1. The Morgan fingerprint density at radius 1 is 1.00 bits per heavy atom. The number of fused-ring (bicyclic) bond motifs is 1. The van der Waals surface area contributed by atoms with E-state index < -0.39 is 11.9 Å². The molecule has 0 aliphatic carbocycles. The fraction of sp³-hybridized carbons (Fsp3) is 0.333. The number of methoxy groups -OCH3 is 1. The van der Waals surface area contributed by atoms with E-state index >= 15 is 0 Å². The Kier molecular flexibility index (Phi) is 7.16. The van der Waals surface area contributed by atoms with Gasteiger partial charge in [-0.05, 0) is 42.8 Å². The number of carbonyl (C=O) groups is 2. The van der Waals surface area contributed by atoms with E-state index in [0.29, 0.717) is 49.2 Å². The fourth-order valence-electron chi connectivity index (χ4n) is 2.61. The zero-order valence-electron chi connectivity index (χ0n) is 16.1. The molecule has 0 aromatic heterocycles. The Balaban J connectivity index is 1.32. The molecule has 2 aromatic rings.